The maximum Gasteiger partial charge on any atom is 0.250 e. The van der Waals surface area contributed by atoms with Crippen molar-refractivity contribution in [2.24, 2.45) is 0 Å². The highest BCUT2D eigenvalue weighted by molar-refractivity contribution is 6.01. The number of nitrogens with zero attached hydrogens (tertiary/aromatic N) is 2. The molecule has 0 saturated carbocycles. The third-order valence-electron chi connectivity index (χ3n) is 3.00. The van der Waals surface area contributed by atoms with Crippen LogP contribution in [0.25, 0.3) is 0 Å². The molecule has 4 heteroatoms. The Morgan fingerprint density at radius 2 is 1.75 bits per heavy atom. The summed E-state index contributed by atoms with van der Waals surface area (Å²) in [5.41, 5.74) is 1.74. The van der Waals surface area contributed by atoms with E-state index in [4.69, 9.17) is 0 Å². The minimum Gasteiger partial charge on any atom is -0.349 e. The number of benzene rings is 1. The standard InChI is InChI=1S/C16H22N2O2/c1-6-15(19)18(12(2)3)14-9-7-13(8-10-14)11-16(20)17(4)5/h6-10,12H,1,11H2,2-5H3. The Morgan fingerprint density at radius 3 is 2.15 bits per heavy atom. The lowest BCUT2D eigenvalue weighted by Crippen LogP contribution is -2.35. The first-order valence-corrected chi connectivity index (χ1v) is 6.61. The zero-order valence-electron chi connectivity index (χ0n) is 12.6. The third kappa shape index (κ3) is 3.95. The molecule has 1 aromatic rings. The van der Waals surface area contributed by atoms with Gasteiger partial charge in [-0.3, -0.25) is 9.59 Å². The van der Waals surface area contributed by atoms with Crippen molar-refractivity contribution in [3.63, 3.8) is 0 Å². The van der Waals surface area contributed by atoms with E-state index in [0.717, 1.165) is 11.3 Å². The minimum atomic E-state index is -0.128. The Bertz CT molecular complexity index is 490. The summed E-state index contributed by atoms with van der Waals surface area (Å²) < 4.78 is 0. The van der Waals surface area contributed by atoms with Gasteiger partial charge in [0.15, 0.2) is 0 Å². The van der Waals surface area contributed by atoms with Crippen LogP contribution in [-0.2, 0) is 16.0 Å². The number of anilines is 1. The highest BCUT2D eigenvalue weighted by Crippen LogP contribution is 2.19. The second-order valence-corrected chi connectivity index (χ2v) is 5.14. The van der Waals surface area contributed by atoms with Crippen LogP contribution in [0.1, 0.15) is 19.4 Å². The molecule has 0 aromatic heterocycles. The second kappa shape index (κ2) is 6.89. The number of carbonyl (C=O) groups is 2. The molecular formula is C16H22N2O2. The van der Waals surface area contributed by atoms with E-state index >= 15 is 0 Å². The fraction of sp³-hybridized carbons (Fsp3) is 0.375. The molecule has 108 valence electrons. The summed E-state index contributed by atoms with van der Waals surface area (Å²) in [7, 11) is 3.47. The van der Waals surface area contributed by atoms with Crippen LogP contribution in [0.3, 0.4) is 0 Å². The maximum atomic E-state index is 11.9. The molecule has 0 atom stereocenters. The van der Waals surface area contributed by atoms with Gasteiger partial charge in [0.1, 0.15) is 0 Å². The zero-order valence-corrected chi connectivity index (χ0v) is 12.6. The minimum absolute atomic E-state index is 0.0507. The van der Waals surface area contributed by atoms with E-state index in [1.807, 2.05) is 38.1 Å². The lowest BCUT2D eigenvalue weighted by Gasteiger charge is -2.25. The van der Waals surface area contributed by atoms with E-state index in [-0.39, 0.29) is 17.9 Å². The lowest BCUT2D eigenvalue weighted by atomic mass is 10.1. The molecule has 1 aromatic carbocycles. The predicted molar refractivity (Wildman–Crippen MR) is 81.7 cm³/mol. The Kier molecular flexibility index (Phi) is 5.50. The van der Waals surface area contributed by atoms with Gasteiger partial charge in [0.2, 0.25) is 5.91 Å². The fourth-order valence-electron chi connectivity index (χ4n) is 1.89. The van der Waals surface area contributed by atoms with Gasteiger partial charge in [0.05, 0.1) is 6.42 Å². The van der Waals surface area contributed by atoms with Crippen LogP contribution in [0.2, 0.25) is 0 Å². The van der Waals surface area contributed by atoms with E-state index in [1.165, 1.54) is 6.08 Å². The summed E-state index contributed by atoms with van der Waals surface area (Å²) in [5.74, 6) is -0.0715. The number of rotatable bonds is 5. The van der Waals surface area contributed by atoms with Crippen LogP contribution in [0.15, 0.2) is 36.9 Å². The van der Waals surface area contributed by atoms with Crippen LogP contribution in [0.4, 0.5) is 5.69 Å². The van der Waals surface area contributed by atoms with Crippen LogP contribution in [0, 0.1) is 0 Å². The van der Waals surface area contributed by atoms with Crippen LogP contribution >= 0.6 is 0 Å². The first-order valence-electron chi connectivity index (χ1n) is 6.61. The first-order chi connectivity index (χ1) is 9.36. The molecule has 0 fully saturated rings. The number of amides is 2. The van der Waals surface area contributed by atoms with Crippen molar-refractivity contribution in [3.05, 3.63) is 42.5 Å². The lowest BCUT2D eigenvalue weighted by molar-refractivity contribution is -0.128. The zero-order chi connectivity index (χ0) is 15.3. The molecule has 0 radical (unpaired) electrons. The monoisotopic (exact) mass is 274 g/mol. The van der Waals surface area contributed by atoms with Gasteiger partial charge in [-0.2, -0.15) is 0 Å². The largest absolute Gasteiger partial charge is 0.349 e. The highest BCUT2D eigenvalue weighted by Gasteiger charge is 2.16. The average Bonchev–Trinajstić information content (AvgIpc) is 2.40. The van der Waals surface area contributed by atoms with E-state index in [9.17, 15) is 9.59 Å². The molecule has 0 bridgehead atoms. The molecule has 2 amide bonds. The molecule has 0 N–H and O–H groups in total. The Morgan fingerprint density at radius 1 is 1.20 bits per heavy atom. The van der Waals surface area contributed by atoms with Crippen LogP contribution in [0.5, 0.6) is 0 Å². The molecule has 0 unspecified atom stereocenters. The van der Waals surface area contributed by atoms with Gasteiger partial charge in [-0.05, 0) is 37.6 Å². The van der Waals surface area contributed by atoms with Crippen molar-refractivity contribution in [1.29, 1.82) is 0 Å². The van der Waals surface area contributed by atoms with Crippen LogP contribution in [-0.4, -0.2) is 36.9 Å². The van der Waals surface area contributed by atoms with Gasteiger partial charge >= 0.3 is 0 Å². The molecule has 0 saturated heterocycles. The first kappa shape index (κ1) is 16.0. The van der Waals surface area contributed by atoms with E-state index in [0.29, 0.717) is 6.42 Å². The smallest absolute Gasteiger partial charge is 0.250 e. The van der Waals surface area contributed by atoms with E-state index in [1.54, 1.807) is 23.9 Å². The fourth-order valence-corrected chi connectivity index (χ4v) is 1.89. The summed E-state index contributed by atoms with van der Waals surface area (Å²) in [6, 6.07) is 7.53. The van der Waals surface area contributed by atoms with E-state index in [2.05, 4.69) is 6.58 Å². The van der Waals surface area contributed by atoms with Gasteiger partial charge in [-0.15, -0.1) is 0 Å². The maximum absolute atomic E-state index is 11.9. The quantitative estimate of drug-likeness (QED) is 0.773. The highest BCUT2D eigenvalue weighted by atomic mass is 16.2. The molecule has 4 nitrogen and oxygen atoms in total. The molecule has 0 aliphatic heterocycles. The molecular weight excluding hydrogens is 252 g/mol. The Labute approximate surface area is 120 Å². The molecule has 0 aliphatic carbocycles. The Hall–Kier alpha value is -2.10. The number of hydrogen-bond donors (Lipinski definition) is 0. The molecule has 1 rings (SSSR count). The van der Waals surface area contributed by atoms with Crippen molar-refractivity contribution >= 4 is 17.5 Å². The summed E-state index contributed by atoms with van der Waals surface area (Å²) >= 11 is 0. The van der Waals surface area contributed by atoms with Crippen molar-refractivity contribution < 1.29 is 9.59 Å². The van der Waals surface area contributed by atoms with Gasteiger partial charge in [-0.1, -0.05) is 18.7 Å². The van der Waals surface area contributed by atoms with Crippen LogP contribution < -0.4 is 4.90 Å². The van der Waals surface area contributed by atoms with E-state index < -0.39 is 0 Å². The van der Waals surface area contributed by atoms with Gasteiger partial charge in [0.25, 0.3) is 5.91 Å². The summed E-state index contributed by atoms with van der Waals surface area (Å²) in [4.78, 5) is 26.7. The topological polar surface area (TPSA) is 40.6 Å². The van der Waals surface area contributed by atoms with Crippen molar-refractivity contribution in [3.8, 4) is 0 Å². The summed E-state index contributed by atoms with van der Waals surface area (Å²) in [6.45, 7) is 7.42. The van der Waals surface area contributed by atoms with Crippen molar-refractivity contribution in [1.82, 2.24) is 4.90 Å². The van der Waals surface area contributed by atoms with Gasteiger partial charge < -0.3 is 9.80 Å². The average molecular weight is 274 g/mol. The second-order valence-electron chi connectivity index (χ2n) is 5.14. The molecule has 20 heavy (non-hydrogen) atoms. The predicted octanol–water partition coefficient (Wildman–Crippen LogP) is 2.24. The number of hydrogen-bond acceptors (Lipinski definition) is 2. The van der Waals surface area contributed by atoms with Crippen molar-refractivity contribution in [2.75, 3.05) is 19.0 Å². The summed E-state index contributed by atoms with van der Waals surface area (Å²) in [5, 5.41) is 0. The molecule has 0 heterocycles. The third-order valence-corrected chi connectivity index (χ3v) is 3.00. The van der Waals surface area contributed by atoms with Gasteiger partial charge in [-0.25, -0.2) is 0 Å². The summed E-state index contributed by atoms with van der Waals surface area (Å²) in [6.07, 6.45) is 1.67. The molecule has 0 aliphatic rings. The van der Waals surface area contributed by atoms with Gasteiger partial charge in [0, 0.05) is 25.8 Å². The number of likely N-dealkylation sites (N-methyl/N-ethyl adjacent to an activating group) is 1. The number of carbonyl (C=O) groups excluding carboxylic acids is 2. The molecule has 0 spiro atoms. The normalized spacial score (nSPS) is 10.2. The van der Waals surface area contributed by atoms with Crippen molar-refractivity contribution in [2.45, 2.75) is 26.3 Å². The SMILES string of the molecule is C=CC(=O)N(c1ccc(CC(=O)N(C)C)cc1)C(C)C. The Balaban J connectivity index is 2.91.